The van der Waals surface area contributed by atoms with Gasteiger partial charge in [0.05, 0.1) is 25.3 Å². The SMILES string of the molecule is CCCCOc1ccc(C2NC(=O)NC(C)=C2C(=O)OC)cc1. The normalized spacial score (nSPS) is 17.3. The fourth-order valence-electron chi connectivity index (χ4n) is 2.42. The molecule has 1 heterocycles. The van der Waals surface area contributed by atoms with Crippen LogP contribution < -0.4 is 15.4 Å². The van der Waals surface area contributed by atoms with Crippen LogP contribution >= 0.6 is 0 Å². The quantitative estimate of drug-likeness (QED) is 0.624. The molecule has 1 aromatic carbocycles. The number of ether oxygens (including phenoxy) is 2. The van der Waals surface area contributed by atoms with E-state index >= 15 is 0 Å². The molecule has 6 heteroatoms. The van der Waals surface area contributed by atoms with Gasteiger partial charge in [-0.25, -0.2) is 9.59 Å². The molecule has 0 aliphatic carbocycles. The number of allylic oxidation sites excluding steroid dienone is 1. The Morgan fingerprint density at radius 3 is 2.57 bits per heavy atom. The van der Waals surface area contributed by atoms with Crippen LogP contribution in [0, 0.1) is 0 Å². The number of carbonyl (C=O) groups is 2. The van der Waals surface area contributed by atoms with Crippen molar-refractivity contribution >= 4 is 12.0 Å². The van der Waals surface area contributed by atoms with Gasteiger partial charge in [0.15, 0.2) is 0 Å². The van der Waals surface area contributed by atoms with Crippen LogP contribution in [0.1, 0.15) is 38.3 Å². The molecule has 0 radical (unpaired) electrons. The van der Waals surface area contributed by atoms with Gasteiger partial charge in [-0.15, -0.1) is 0 Å². The molecule has 0 saturated carbocycles. The molecule has 0 spiro atoms. The summed E-state index contributed by atoms with van der Waals surface area (Å²) in [6.07, 6.45) is 2.08. The summed E-state index contributed by atoms with van der Waals surface area (Å²) < 4.78 is 10.4. The number of urea groups is 1. The standard InChI is InChI=1S/C17H22N2O4/c1-4-5-10-23-13-8-6-12(7-9-13)15-14(16(20)22-3)11(2)18-17(21)19-15/h6-9,15H,4-5,10H2,1-3H3,(H2,18,19,21). The highest BCUT2D eigenvalue weighted by molar-refractivity contribution is 5.94. The number of methoxy groups -OCH3 is 1. The lowest BCUT2D eigenvalue weighted by Gasteiger charge is -2.27. The first-order chi connectivity index (χ1) is 11.1. The van der Waals surface area contributed by atoms with Crippen LogP contribution in [0.15, 0.2) is 35.5 Å². The maximum atomic E-state index is 12.0. The number of unbranched alkanes of at least 4 members (excludes halogenated alkanes) is 1. The number of amides is 2. The van der Waals surface area contributed by atoms with E-state index in [-0.39, 0.29) is 6.03 Å². The highest BCUT2D eigenvalue weighted by Gasteiger charge is 2.31. The summed E-state index contributed by atoms with van der Waals surface area (Å²) in [5.74, 6) is 0.297. The van der Waals surface area contributed by atoms with Crippen LogP contribution in [0.25, 0.3) is 0 Å². The molecule has 23 heavy (non-hydrogen) atoms. The van der Waals surface area contributed by atoms with E-state index in [1.54, 1.807) is 6.92 Å². The fraction of sp³-hybridized carbons (Fsp3) is 0.412. The first-order valence-corrected chi connectivity index (χ1v) is 7.66. The number of hydrogen-bond donors (Lipinski definition) is 2. The Balaban J connectivity index is 2.22. The van der Waals surface area contributed by atoms with Crippen molar-refractivity contribution in [2.75, 3.05) is 13.7 Å². The van der Waals surface area contributed by atoms with E-state index < -0.39 is 12.0 Å². The zero-order valence-corrected chi connectivity index (χ0v) is 13.6. The molecule has 1 unspecified atom stereocenters. The molecule has 6 nitrogen and oxygen atoms in total. The van der Waals surface area contributed by atoms with Gasteiger partial charge in [-0.2, -0.15) is 0 Å². The average Bonchev–Trinajstić information content (AvgIpc) is 2.54. The number of hydrogen-bond acceptors (Lipinski definition) is 4. The van der Waals surface area contributed by atoms with Gasteiger partial charge in [-0.05, 0) is 31.0 Å². The van der Waals surface area contributed by atoms with Gasteiger partial charge in [0.1, 0.15) is 5.75 Å². The van der Waals surface area contributed by atoms with Crippen molar-refractivity contribution in [3.63, 3.8) is 0 Å². The summed E-state index contributed by atoms with van der Waals surface area (Å²) in [5, 5.41) is 5.34. The predicted octanol–water partition coefficient (Wildman–Crippen LogP) is 2.67. The maximum Gasteiger partial charge on any atom is 0.337 e. The second-order valence-corrected chi connectivity index (χ2v) is 5.33. The van der Waals surface area contributed by atoms with E-state index in [1.807, 2.05) is 24.3 Å². The monoisotopic (exact) mass is 318 g/mol. The Morgan fingerprint density at radius 2 is 1.96 bits per heavy atom. The van der Waals surface area contributed by atoms with Gasteiger partial charge >= 0.3 is 12.0 Å². The van der Waals surface area contributed by atoms with Gasteiger partial charge < -0.3 is 20.1 Å². The minimum atomic E-state index is -0.541. The molecule has 0 fully saturated rings. The average molecular weight is 318 g/mol. The summed E-state index contributed by atoms with van der Waals surface area (Å²) >= 11 is 0. The molecule has 0 bridgehead atoms. The lowest BCUT2D eigenvalue weighted by molar-refractivity contribution is -0.136. The molecule has 0 aromatic heterocycles. The summed E-state index contributed by atoms with van der Waals surface area (Å²) in [7, 11) is 1.32. The molecule has 124 valence electrons. The van der Waals surface area contributed by atoms with Crippen LogP contribution in [-0.2, 0) is 9.53 Å². The maximum absolute atomic E-state index is 12.0. The third kappa shape index (κ3) is 4.03. The molecule has 0 saturated heterocycles. The zero-order valence-electron chi connectivity index (χ0n) is 13.6. The van der Waals surface area contributed by atoms with E-state index in [4.69, 9.17) is 9.47 Å². The summed E-state index contributed by atoms with van der Waals surface area (Å²) in [6, 6.07) is 6.47. The van der Waals surface area contributed by atoms with Crippen LogP contribution in [0.2, 0.25) is 0 Å². The number of nitrogens with one attached hydrogen (secondary N) is 2. The Morgan fingerprint density at radius 1 is 1.26 bits per heavy atom. The van der Waals surface area contributed by atoms with Crippen LogP contribution in [0.5, 0.6) is 5.75 Å². The first kappa shape index (κ1) is 16.9. The molecule has 2 N–H and O–H groups in total. The highest BCUT2D eigenvalue weighted by Crippen LogP contribution is 2.28. The summed E-state index contributed by atoms with van der Waals surface area (Å²) in [4.78, 5) is 23.7. The van der Waals surface area contributed by atoms with Crippen LogP contribution in [0.4, 0.5) is 4.79 Å². The third-order valence-electron chi connectivity index (χ3n) is 3.65. The van der Waals surface area contributed by atoms with Crippen LogP contribution in [-0.4, -0.2) is 25.7 Å². The molecular weight excluding hydrogens is 296 g/mol. The van der Waals surface area contributed by atoms with Gasteiger partial charge in [0.25, 0.3) is 0 Å². The lowest BCUT2D eigenvalue weighted by Crippen LogP contribution is -2.45. The Labute approximate surface area is 135 Å². The minimum Gasteiger partial charge on any atom is -0.494 e. The van der Waals surface area contributed by atoms with E-state index in [9.17, 15) is 9.59 Å². The van der Waals surface area contributed by atoms with E-state index in [0.717, 1.165) is 24.2 Å². The van der Waals surface area contributed by atoms with Crippen molar-refractivity contribution in [2.45, 2.75) is 32.7 Å². The Bertz CT molecular complexity index is 608. The number of esters is 1. The summed E-state index contributed by atoms with van der Waals surface area (Å²) in [5.41, 5.74) is 1.68. The highest BCUT2D eigenvalue weighted by atomic mass is 16.5. The molecule has 1 atom stereocenters. The number of benzene rings is 1. The predicted molar refractivity (Wildman–Crippen MR) is 86.0 cm³/mol. The zero-order chi connectivity index (χ0) is 16.8. The fourth-order valence-corrected chi connectivity index (χ4v) is 2.42. The lowest BCUT2D eigenvalue weighted by atomic mass is 9.95. The van der Waals surface area contributed by atoms with Gasteiger partial charge in [0, 0.05) is 5.70 Å². The molecule has 1 aliphatic rings. The van der Waals surface area contributed by atoms with Gasteiger partial charge in [-0.3, -0.25) is 0 Å². The second-order valence-electron chi connectivity index (χ2n) is 5.33. The van der Waals surface area contributed by atoms with E-state index in [1.165, 1.54) is 7.11 Å². The van der Waals surface area contributed by atoms with Crippen molar-refractivity contribution in [1.29, 1.82) is 0 Å². The van der Waals surface area contributed by atoms with Crippen molar-refractivity contribution in [3.05, 3.63) is 41.1 Å². The van der Waals surface area contributed by atoms with Crippen molar-refractivity contribution < 1.29 is 19.1 Å². The molecule has 2 rings (SSSR count). The Hall–Kier alpha value is -2.50. The number of carbonyl (C=O) groups excluding carboxylic acids is 2. The molecule has 1 aromatic rings. The third-order valence-corrected chi connectivity index (χ3v) is 3.65. The van der Waals surface area contributed by atoms with E-state index in [2.05, 4.69) is 17.6 Å². The largest absolute Gasteiger partial charge is 0.494 e. The van der Waals surface area contributed by atoms with Crippen LogP contribution in [0.3, 0.4) is 0 Å². The van der Waals surface area contributed by atoms with Crippen molar-refractivity contribution in [1.82, 2.24) is 10.6 Å². The first-order valence-electron chi connectivity index (χ1n) is 7.66. The van der Waals surface area contributed by atoms with Gasteiger partial charge in [0.2, 0.25) is 0 Å². The molecule has 1 aliphatic heterocycles. The Kier molecular flexibility index (Phi) is 5.62. The molecular formula is C17H22N2O4. The van der Waals surface area contributed by atoms with Crippen molar-refractivity contribution in [3.8, 4) is 5.75 Å². The topological polar surface area (TPSA) is 76.7 Å². The minimum absolute atomic E-state index is 0.344. The summed E-state index contributed by atoms with van der Waals surface area (Å²) in [6.45, 7) is 4.46. The van der Waals surface area contributed by atoms with Crippen molar-refractivity contribution in [2.24, 2.45) is 0 Å². The second kappa shape index (κ2) is 7.67. The van der Waals surface area contributed by atoms with E-state index in [0.29, 0.717) is 17.9 Å². The number of rotatable bonds is 6. The van der Waals surface area contributed by atoms with Gasteiger partial charge in [-0.1, -0.05) is 25.5 Å². The molecule has 2 amide bonds. The smallest absolute Gasteiger partial charge is 0.337 e.